The zero-order chi connectivity index (χ0) is 16.0. The van der Waals surface area contributed by atoms with Crippen LogP contribution in [0.1, 0.15) is 37.9 Å². The summed E-state index contributed by atoms with van der Waals surface area (Å²) in [5.41, 5.74) is 1.71. The molecule has 4 nitrogen and oxygen atoms in total. The first-order valence-corrected chi connectivity index (χ1v) is 8.67. The summed E-state index contributed by atoms with van der Waals surface area (Å²) in [7, 11) is 0. The molecule has 4 heteroatoms. The van der Waals surface area contributed by atoms with Gasteiger partial charge in [-0.15, -0.1) is 0 Å². The highest BCUT2D eigenvalue weighted by Crippen LogP contribution is 2.42. The van der Waals surface area contributed by atoms with Crippen LogP contribution in [0.2, 0.25) is 0 Å². The summed E-state index contributed by atoms with van der Waals surface area (Å²) in [6, 6.07) is 7.24. The van der Waals surface area contributed by atoms with E-state index in [0.717, 1.165) is 47.8 Å². The second-order valence-electron chi connectivity index (χ2n) is 7.06. The minimum Gasteiger partial charge on any atom is -0.508 e. The van der Waals surface area contributed by atoms with Crippen LogP contribution in [0.5, 0.6) is 5.75 Å². The molecule has 5 rings (SSSR count). The second kappa shape index (κ2) is 5.77. The molecule has 0 saturated carbocycles. The molecule has 1 aromatic carbocycles. The number of hydrogen-bond donors (Lipinski definition) is 2. The van der Waals surface area contributed by atoms with E-state index in [1.165, 1.54) is 12.8 Å². The number of phenolic OH excluding ortho intramolecular Hbond substituents is 1. The smallest absolute Gasteiger partial charge is 0.116 e. The van der Waals surface area contributed by atoms with E-state index in [9.17, 15) is 10.2 Å². The second-order valence-corrected chi connectivity index (χ2v) is 7.06. The van der Waals surface area contributed by atoms with E-state index < -0.39 is 6.10 Å². The minimum absolute atomic E-state index is 0.185. The molecule has 1 unspecified atom stereocenters. The molecule has 4 heterocycles. The van der Waals surface area contributed by atoms with Crippen LogP contribution in [0, 0.1) is 11.8 Å². The van der Waals surface area contributed by atoms with E-state index in [-0.39, 0.29) is 11.8 Å². The Kier molecular flexibility index (Phi) is 3.74. The predicted molar refractivity (Wildman–Crippen MR) is 90.2 cm³/mol. The van der Waals surface area contributed by atoms with Crippen molar-refractivity contribution < 1.29 is 10.2 Å². The van der Waals surface area contributed by atoms with Gasteiger partial charge < -0.3 is 10.2 Å². The molecule has 3 saturated heterocycles. The number of nitrogens with zero attached hydrogens (tertiary/aromatic N) is 2. The monoisotopic (exact) mass is 312 g/mol. The van der Waals surface area contributed by atoms with Gasteiger partial charge in [0.15, 0.2) is 0 Å². The van der Waals surface area contributed by atoms with Crippen LogP contribution in [-0.4, -0.2) is 39.2 Å². The summed E-state index contributed by atoms with van der Waals surface area (Å²) in [5.74, 6) is 1.74. The molecule has 5 atom stereocenters. The van der Waals surface area contributed by atoms with Crippen LogP contribution in [0.4, 0.5) is 0 Å². The Bertz CT molecular complexity index is 718. The Labute approximate surface area is 136 Å². The molecule has 0 aliphatic carbocycles. The predicted octanol–water partition coefficient (Wildman–Crippen LogP) is 3.09. The van der Waals surface area contributed by atoms with Crippen molar-refractivity contribution in [1.82, 2.24) is 9.88 Å². The molecular weight excluding hydrogens is 288 g/mol. The average molecular weight is 312 g/mol. The lowest BCUT2D eigenvalue weighted by Gasteiger charge is -2.51. The molecule has 0 amide bonds. The van der Waals surface area contributed by atoms with E-state index >= 15 is 0 Å². The Morgan fingerprint density at radius 1 is 1.35 bits per heavy atom. The fourth-order valence-corrected chi connectivity index (χ4v) is 4.59. The maximum Gasteiger partial charge on any atom is 0.116 e. The Morgan fingerprint density at radius 3 is 2.96 bits per heavy atom. The number of aromatic nitrogens is 1. The number of rotatable bonds is 3. The fraction of sp³-hybridized carbons (Fsp3) is 0.526. The van der Waals surface area contributed by atoms with Gasteiger partial charge in [-0.3, -0.25) is 9.88 Å². The van der Waals surface area contributed by atoms with Gasteiger partial charge in [-0.1, -0.05) is 13.3 Å². The SMILES string of the molecule is CC[C@H]1CN2CC[C@H]1C[C@@H]2[C@H](O)c1ccnc2ccc(O)cc12. The highest BCUT2D eigenvalue weighted by Gasteiger charge is 2.42. The quantitative estimate of drug-likeness (QED) is 0.914. The maximum atomic E-state index is 11.1. The van der Waals surface area contributed by atoms with Crippen LogP contribution >= 0.6 is 0 Å². The van der Waals surface area contributed by atoms with Gasteiger partial charge in [0.1, 0.15) is 5.75 Å². The van der Waals surface area contributed by atoms with Crippen molar-refractivity contribution in [3.05, 3.63) is 36.0 Å². The van der Waals surface area contributed by atoms with Crippen LogP contribution in [-0.2, 0) is 0 Å². The number of hydrogen-bond acceptors (Lipinski definition) is 4. The van der Waals surface area contributed by atoms with Gasteiger partial charge in [0.2, 0.25) is 0 Å². The topological polar surface area (TPSA) is 56.6 Å². The zero-order valence-electron chi connectivity index (χ0n) is 13.5. The average Bonchev–Trinajstić information content (AvgIpc) is 2.60. The highest BCUT2D eigenvalue weighted by atomic mass is 16.3. The van der Waals surface area contributed by atoms with E-state index in [0.29, 0.717) is 0 Å². The van der Waals surface area contributed by atoms with Crippen molar-refractivity contribution in [3.8, 4) is 5.75 Å². The van der Waals surface area contributed by atoms with Crippen LogP contribution in [0.15, 0.2) is 30.5 Å². The molecule has 23 heavy (non-hydrogen) atoms. The molecular formula is C19H24N2O2. The standard InChI is InChI=1S/C19H24N2O2/c1-2-12-11-21-8-6-13(12)9-18(21)19(23)15-5-7-20-17-4-3-14(22)10-16(15)17/h3-5,7,10,12-13,18-19,22-23H,2,6,8-9,11H2,1H3/t12-,13-,18+,19+/m0/s1. The normalized spacial score (nSPS) is 31.4. The lowest BCUT2D eigenvalue weighted by atomic mass is 9.72. The maximum absolute atomic E-state index is 11.1. The molecule has 0 radical (unpaired) electrons. The van der Waals surface area contributed by atoms with Crippen LogP contribution < -0.4 is 0 Å². The summed E-state index contributed by atoms with van der Waals surface area (Å²) >= 11 is 0. The summed E-state index contributed by atoms with van der Waals surface area (Å²) < 4.78 is 0. The third-order valence-electron chi connectivity index (χ3n) is 5.90. The van der Waals surface area contributed by atoms with Gasteiger partial charge >= 0.3 is 0 Å². The van der Waals surface area contributed by atoms with E-state index in [2.05, 4.69) is 16.8 Å². The molecule has 3 aliphatic heterocycles. The van der Waals surface area contributed by atoms with Gasteiger partial charge in [0, 0.05) is 24.2 Å². The van der Waals surface area contributed by atoms with Crippen molar-refractivity contribution in [2.24, 2.45) is 11.8 Å². The first-order valence-electron chi connectivity index (χ1n) is 8.67. The summed E-state index contributed by atoms with van der Waals surface area (Å²) in [6.45, 7) is 4.48. The molecule has 2 N–H and O–H groups in total. The largest absolute Gasteiger partial charge is 0.508 e. The van der Waals surface area contributed by atoms with Crippen molar-refractivity contribution in [3.63, 3.8) is 0 Å². The molecule has 1 aromatic heterocycles. The number of phenols is 1. The van der Waals surface area contributed by atoms with Crippen LogP contribution in [0.3, 0.4) is 0 Å². The van der Waals surface area contributed by atoms with Crippen molar-refractivity contribution in [2.75, 3.05) is 13.1 Å². The molecule has 3 aliphatic rings. The number of aliphatic hydroxyl groups excluding tert-OH is 1. The van der Waals surface area contributed by atoms with Crippen molar-refractivity contribution in [1.29, 1.82) is 0 Å². The lowest BCUT2D eigenvalue weighted by molar-refractivity contribution is -0.0562. The van der Waals surface area contributed by atoms with Gasteiger partial charge in [0.25, 0.3) is 0 Å². The molecule has 122 valence electrons. The summed E-state index contributed by atoms with van der Waals surface area (Å²) in [5, 5.41) is 21.7. The van der Waals surface area contributed by atoms with Gasteiger partial charge in [-0.25, -0.2) is 0 Å². The van der Waals surface area contributed by atoms with Gasteiger partial charge in [-0.2, -0.15) is 0 Å². The molecule has 2 aromatic rings. The summed E-state index contributed by atoms with van der Waals surface area (Å²) in [4.78, 5) is 6.81. The zero-order valence-corrected chi connectivity index (χ0v) is 13.5. The fourth-order valence-electron chi connectivity index (χ4n) is 4.59. The third kappa shape index (κ3) is 2.50. The molecule has 2 bridgehead atoms. The van der Waals surface area contributed by atoms with Crippen molar-refractivity contribution in [2.45, 2.75) is 38.3 Å². The lowest BCUT2D eigenvalue weighted by Crippen LogP contribution is -2.55. The first kappa shape index (κ1) is 14.9. The molecule has 3 fully saturated rings. The number of piperidine rings is 3. The Morgan fingerprint density at radius 2 is 2.22 bits per heavy atom. The highest BCUT2D eigenvalue weighted by molar-refractivity contribution is 5.83. The Hall–Kier alpha value is -1.65. The van der Waals surface area contributed by atoms with Gasteiger partial charge in [0.05, 0.1) is 11.6 Å². The third-order valence-corrected chi connectivity index (χ3v) is 5.90. The number of pyridine rings is 1. The van der Waals surface area contributed by atoms with E-state index in [1.54, 1.807) is 24.4 Å². The number of aliphatic hydroxyl groups is 1. The van der Waals surface area contributed by atoms with Crippen molar-refractivity contribution >= 4 is 10.9 Å². The van der Waals surface area contributed by atoms with Gasteiger partial charge in [-0.05, 0) is 61.1 Å². The van der Waals surface area contributed by atoms with E-state index in [1.807, 2.05) is 6.07 Å². The van der Waals surface area contributed by atoms with E-state index in [4.69, 9.17) is 0 Å². The van der Waals surface area contributed by atoms with Crippen LogP contribution in [0.25, 0.3) is 10.9 Å². The minimum atomic E-state index is -0.525. The number of benzene rings is 1. The first-order chi connectivity index (χ1) is 11.2. The molecule has 0 spiro atoms. The summed E-state index contributed by atoms with van der Waals surface area (Å²) in [6.07, 6.45) is 4.80. The number of aromatic hydroxyl groups is 1. The number of fused-ring (bicyclic) bond motifs is 4. The Balaban J connectivity index is 1.68.